The van der Waals surface area contributed by atoms with E-state index in [1.165, 1.54) is 12.1 Å². The van der Waals surface area contributed by atoms with Crippen LogP contribution in [-0.4, -0.2) is 12.0 Å². The number of ether oxygens (including phenoxy) is 1. The summed E-state index contributed by atoms with van der Waals surface area (Å²) in [4.78, 5) is 12.4. The highest BCUT2D eigenvalue weighted by Gasteiger charge is 2.18. The Balaban J connectivity index is 1.65. The van der Waals surface area contributed by atoms with E-state index < -0.39 is 6.10 Å². The lowest BCUT2D eigenvalue weighted by Crippen LogP contribution is -2.37. The van der Waals surface area contributed by atoms with Gasteiger partial charge in [0.25, 0.3) is 5.91 Å². The lowest BCUT2D eigenvalue weighted by Gasteiger charge is -2.19. The minimum absolute atomic E-state index is 0.224. The Morgan fingerprint density at radius 1 is 1.00 bits per heavy atom. The fraction of sp³-hybridized carbons (Fsp3) is 0.190. The van der Waals surface area contributed by atoms with Crippen molar-refractivity contribution in [1.29, 1.82) is 0 Å². The number of nitrogens with one attached hydrogen (secondary N) is 1. The van der Waals surface area contributed by atoms with E-state index in [4.69, 9.17) is 4.74 Å². The van der Waals surface area contributed by atoms with Crippen LogP contribution in [0.5, 0.6) is 5.75 Å². The summed E-state index contributed by atoms with van der Waals surface area (Å²) in [5.41, 5.74) is 0.836. The highest BCUT2D eigenvalue weighted by molar-refractivity contribution is 9.10. The maximum absolute atomic E-state index is 13.0. The van der Waals surface area contributed by atoms with Gasteiger partial charge in [0, 0.05) is 4.47 Å². The quantitative estimate of drug-likeness (QED) is 0.606. The molecule has 3 aromatic carbocycles. The molecule has 0 aliphatic rings. The van der Waals surface area contributed by atoms with Crippen LogP contribution in [0.4, 0.5) is 4.39 Å². The predicted molar refractivity (Wildman–Crippen MR) is 105 cm³/mol. The van der Waals surface area contributed by atoms with E-state index in [-0.39, 0.29) is 17.8 Å². The highest BCUT2D eigenvalue weighted by Crippen LogP contribution is 2.25. The average Bonchev–Trinajstić information content (AvgIpc) is 2.62. The summed E-state index contributed by atoms with van der Waals surface area (Å²) in [7, 11) is 0. The van der Waals surface area contributed by atoms with Gasteiger partial charge in [-0.3, -0.25) is 4.79 Å². The molecule has 0 radical (unpaired) electrons. The first-order valence-electron chi connectivity index (χ1n) is 8.34. The summed E-state index contributed by atoms with van der Waals surface area (Å²) >= 11 is 3.45. The normalized spacial score (nSPS) is 13.2. The number of hydrogen-bond acceptors (Lipinski definition) is 2. The minimum atomic E-state index is -0.647. The van der Waals surface area contributed by atoms with Gasteiger partial charge >= 0.3 is 0 Å². The van der Waals surface area contributed by atoms with E-state index in [0.717, 1.165) is 20.8 Å². The molecule has 0 spiro atoms. The largest absolute Gasteiger partial charge is 0.481 e. The zero-order valence-corrected chi connectivity index (χ0v) is 16.1. The molecule has 1 N–H and O–H groups in total. The van der Waals surface area contributed by atoms with Crippen molar-refractivity contribution in [2.24, 2.45) is 0 Å². The Bertz CT molecular complexity index is 927. The Kier molecular flexibility index (Phi) is 5.57. The Hall–Kier alpha value is -2.40. The van der Waals surface area contributed by atoms with Crippen LogP contribution in [0.25, 0.3) is 10.8 Å². The first-order chi connectivity index (χ1) is 12.4. The molecule has 3 rings (SSSR count). The van der Waals surface area contributed by atoms with Crippen LogP contribution in [0, 0.1) is 5.82 Å². The molecule has 2 atom stereocenters. The topological polar surface area (TPSA) is 38.3 Å². The van der Waals surface area contributed by atoms with Gasteiger partial charge in [-0.2, -0.15) is 0 Å². The summed E-state index contributed by atoms with van der Waals surface area (Å²) in [5, 5.41) is 5.02. The standard InChI is InChI=1S/C21H19BrFNO2/c1-13(15-4-8-19(23)9-5-15)24-21(25)14(2)26-20-10-6-16-11-18(22)7-3-17(16)12-20/h3-14H,1-2H3,(H,24,25)/t13-,14+/m1/s1. The fourth-order valence-electron chi connectivity index (χ4n) is 2.69. The van der Waals surface area contributed by atoms with Crippen molar-refractivity contribution < 1.29 is 13.9 Å². The summed E-state index contributed by atoms with van der Waals surface area (Å²) in [6.07, 6.45) is -0.647. The third-order valence-electron chi connectivity index (χ3n) is 4.18. The highest BCUT2D eigenvalue weighted by atomic mass is 79.9. The van der Waals surface area contributed by atoms with Crippen molar-refractivity contribution in [2.75, 3.05) is 0 Å². The van der Waals surface area contributed by atoms with Crippen molar-refractivity contribution in [2.45, 2.75) is 26.0 Å². The molecule has 0 saturated carbocycles. The van der Waals surface area contributed by atoms with Crippen molar-refractivity contribution in [3.8, 4) is 5.75 Å². The monoisotopic (exact) mass is 415 g/mol. The molecule has 0 aromatic heterocycles. The SMILES string of the molecule is C[C@H](Oc1ccc2cc(Br)ccc2c1)C(=O)N[C@H](C)c1ccc(F)cc1. The summed E-state index contributed by atoms with van der Waals surface area (Å²) < 4.78 is 19.8. The first-order valence-corrected chi connectivity index (χ1v) is 9.13. The molecule has 134 valence electrons. The van der Waals surface area contributed by atoms with Gasteiger partial charge in [-0.05, 0) is 66.6 Å². The molecule has 0 unspecified atom stereocenters. The zero-order valence-electron chi connectivity index (χ0n) is 14.5. The minimum Gasteiger partial charge on any atom is -0.481 e. The lowest BCUT2D eigenvalue weighted by molar-refractivity contribution is -0.127. The molecule has 0 aliphatic heterocycles. The van der Waals surface area contributed by atoms with Crippen LogP contribution >= 0.6 is 15.9 Å². The molecule has 0 aliphatic carbocycles. The van der Waals surface area contributed by atoms with Gasteiger partial charge in [0.2, 0.25) is 0 Å². The second-order valence-electron chi connectivity index (χ2n) is 6.20. The molecule has 26 heavy (non-hydrogen) atoms. The molecule has 0 saturated heterocycles. The molecule has 0 heterocycles. The van der Waals surface area contributed by atoms with E-state index >= 15 is 0 Å². The third-order valence-corrected chi connectivity index (χ3v) is 4.68. The van der Waals surface area contributed by atoms with Gasteiger partial charge in [0.05, 0.1) is 6.04 Å². The first kappa shape index (κ1) is 18.4. The van der Waals surface area contributed by atoms with Crippen LogP contribution in [0.1, 0.15) is 25.5 Å². The summed E-state index contributed by atoms with van der Waals surface area (Å²) in [5.74, 6) is 0.113. The Morgan fingerprint density at radius 2 is 1.65 bits per heavy atom. The Labute approximate surface area is 160 Å². The van der Waals surface area contributed by atoms with Crippen molar-refractivity contribution in [1.82, 2.24) is 5.32 Å². The number of fused-ring (bicyclic) bond motifs is 1. The third kappa shape index (κ3) is 4.41. The second-order valence-corrected chi connectivity index (χ2v) is 7.11. The van der Waals surface area contributed by atoms with E-state index in [1.807, 2.05) is 43.3 Å². The molecular formula is C21H19BrFNO2. The molecule has 3 nitrogen and oxygen atoms in total. The van der Waals surface area contributed by atoms with Crippen molar-refractivity contribution in [3.63, 3.8) is 0 Å². The zero-order chi connectivity index (χ0) is 18.7. The van der Waals surface area contributed by atoms with Crippen LogP contribution in [0.3, 0.4) is 0 Å². The van der Waals surface area contributed by atoms with E-state index in [1.54, 1.807) is 19.1 Å². The van der Waals surface area contributed by atoms with Crippen LogP contribution in [0.2, 0.25) is 0 Å². The van der Waals surface area contributed by atoms with Gasteiger partial charge in [0.15, 0.2) is 6.10 Å². The summed E-state index contributed by atoms with van der Waals surface area (Å²) in [6.45, 7) is 3.56. The molecule has 1 amide bonds. The smallest absolute Gasteiger partial charge is 0.261 e. The summed E-state index contributed by atoms with van der Waals surface area (Å²) in [6, 6.07) is 17.6. The Morgan fingerprint density at radius 3 is 2.38 bits per heavy atom. The average molecular weight is 416 g/mol. The van der Waals surface area contributed by atoms with Crippen molar-refractivity contribution in [3.05, 3.63) is 76.5 Å². The molecule has 5 heteroatoms. The molecule has 0 bridgehead atoms. The maximum atomic E-state index is 13.0. The van der Waals surface area contributed by atoms with Gasteiger partial charge < -0.3 is 10.1 Å². The number of hydrogen-bond donors (Lipinski definition) is 1. The predicted octanol–water partition coefficient (Wildman–Crippen LogP) is 5.39. The van der Waals surface area contributed by atoms with Gasteiger partial charge in [-0.1, -0.05) is 40.2 Å². The number of carbonyl (C=O) groups excluding carboxylic acids is 1. The number of benzene rings is 3. The van der Waals surface area contributed by atoms with Gasteiger partial charge in [-0.25, -0.2) is 4.39 Å². The number of halogens is 2. The number of rotatable bonds is 5. The molecule has 0 fully saturated rings. The second kappa shape index (κ2) is 7.87. The van der Waals surface area contributed by atoms with Gasteiger partial charge in [0.1, 0.15) is 11.6 Å². The molecular weight excluding hydrogens is 397 g/mol. The van der Waals surface area contributed by atoms with E-state index in [9.17, 15) is 9.18 Å². The number of carbonyl (C=O) groups is 1. The lowest BCUT2D eigenvalue weighted by atomic mass is 10.1. The fourth-order valence-corrected chi connectivity index (χ4v) is 3.07. The molecule has 3 aromatic rings. The van der Waals surface area contributed by atoms with E-state index in [0.29, 0.717) is 5.75 Å². The van der Waals surface area contributed by atoms with Crippen LogP contribution < -0.4 is 10.1 Å². The van der Waals surface area contributed by atoms with Crippen LogP contribution in [0.15, 0.2) is 65.1 Å². The van der Waals surface area contributed by atoms with Crippen LogP contribution in [-0.2, 0) is 4.79 Å². The van der Waals surface area contributed by atoms with Gasteiger partial charge in [-0.15, -0.1) is 0 Å². The van der Waals surface area contributed by atoms with Crippen molar-refractivity contribution >= 4 is 32.6 Å². The maximum Gasteiger partial charge on any atom is 0.261 e. The number of amides is 1. The van der Waals surface area contributed by atoms with E-state index in [2.05, 4.69) is 21.2 Å².